The summed E-state index contributed by atoms with van der Waals surface area (Å²) in [6, 6.07) is 23.3. The largest absolute Gasteiger partial charge is 0.490 e. The number of carbonyl (C=O) groups is 1. The summed E-state index contributed by atoms with van der Waals surface area (Å²) in [6.45, 7) is 6.46. The predicted octanol–water partition coefficient (Wildman–Crippen LogP) is 7.16. The Balaban J connectivity index is 1.89. The Labute approximate surface area is 211 Å². The van der Waals surface area contributed by atoms with Gasteiger partial charge < -0.3 is 14.4 Å². The van der Waals surface area contributed by atoms with Gasteiger partial charge in [0.05, 0.1) is 17.7 Å². The van der Waals surface area contributed by atoms with Crippen LogP contribution in [0.15, 0.2) is 77.8 Å². The Hall–Kier alpha value is -2.82. The van der Waals surface area contributed by atoms with Crippen molar-refractivity contribution in [3.05, 3.63) is 99.5 Å². The normalized spacial score (nSPS) is 18.6. The van der Waals surface area contributed by atoms with Gasteiger partial charge in [-0.15, -0.1) is 0 Å². The van der Waals surface area contributed by atoms with Crippen LogP contribution < -0.4 is 4.74 Å². The maximum atomic E-state index is 11.7. The Morgan fingerprint density at radius 2 is 1.50 bits per heavy atom. The molecule has 0 bridgehead atoms. The maximum absolute atomic E-state index is 11.7. The van der Waals surface area contributed by atoms with Crippen molar-refractivity contribution in [2.45, 2.75) is 39.0 Å². The number of hydrogen-bond acceptors (Lipinski definition) is 4. The molecule has 1 heterocycles. The van der Waals surface area contributed by atoms with Gasteiger partial charge in [0.25, 0.3) is 0 Å². The Morgan fingerprint density at radius 1 is 0.912 bits per heavy atom. The van der Waals surface area contributed by atoms with Crippen molar-refractivity contribution >= 4 is 35.3 Å². The van der Waals surface area contributed by atoms with Crippen LogP contribution in [-0.2, 0) is 4.79 Å². The smallest absolute Gasteiger partial charge is 0.136 e. The van der Waals surface area contributed by atoms with E-state index in [9.17, 15) is 4.79 Å². The first-order valence-electron chi connectivity index (χ1n) is 11.4. The highest BCUT2D eigenvalue weighted by Gasteiger charge is 2.40. The molecule has 0 aliphatic carbocycles. The number of aldehydes is 1. The molecule has 34 heavy (non-hydrogen) atoms. The molecule has 0 spiro atoms. The van der Waals surface area contributed by atoms with Crippen LogP contribution in [-0.4, -0.2) is 29.7 Å². The number of rotatable bonds is 8. The lowest BCUT2D eigenvalue weighted by molar-refractivity contribution is -0.111. The number of para-hydroxylation sites is 1. The molecule has 3 unspecified atom stereocenters. The first-order chi connectivity index (χ1) is 16.4. The SMILES string of the molecule is CC(C=O)CN1C(c2ccccc2OC(C)C)=NC(c2ccc(Cl)cc2)C1c1ccc(Cl)cc1. The van der Waals surface area contributed by atoms with Gasteiger partial charge in [0.15, 0.2) is 0 Å². The first-order valence-corrected chi connectivity index (χ1v) is 12.2. The summed E-state index contributed by atoms with van der Waals surface area (Å²) >= 11 is 12.4. The molecule has 6 heteroatoms. The van der Waals surface area contributed by atoms with Gasteiger partial charge in [-0.3, -0.25) is 4.99 Å². The molecule has 1 aliphatic heterocycles. The van der Waals surface area contributed by atoms with Crippen molar-refractivity contribution < 1.29 is 9.53 Å². The van der Waals surface area contributed by atoms with E-state index in [1.165, 1.54) is 0 Å². The highest BCUT2D eigenvalue weighted by atomic mass is 35.5. The number of ether oxygens (including phenoxy) is 1. The number of halogens is 2. The van der Waals surface area contributed by atoms with Crippen LogP contribution in [0.3, 0.4) is 0 Å². The highest BCUT2D eigenvalue weighted by Crippen LogP contribution is 2.45. The molecule has 0 saturated heterocycles. The summed E-state index contributed by atoms with van der Waals surface area (Å²) in [5, 5.41) is 1.35. The van der Waals surface area contributed by atoms with Gasteiger partial charge in [0.1, 0.15) is 23.9 Å². The fraction of sp³-hybridized carbons (Fsp3) is 0.286. The zero-order valence-electron chi connectivity index (χ0n) is 19.5. The van der Waals surface area contributed by atoms with E-state index in [0.717, 1.165) is 34.6 Å². The van der Waals surface area contributed by atoms with Gasteiger partial charge in [0, 0.05) is 22.5 Å². The Bertz CT molecular complexity index is 1160. The molecule has 3 atom stereocenters. The van der Waals surface area contributed by atoms with E-state index in [4.69, 9.17) is 32.9 Å². The minimum Gasteiger partial charge on any atom is -0.490 e. The van der Waals surface area contributed by atoms with E-state index >= 15 is 0 Å². The molecule has 3 aromatic rings. The molecule has 4 rings (SSSR count). The summed E-state index contributed by atoms with van der Waals surface area (Å²) in [6.07, 6.45) is 1.01. The first kappa shape index (κ1) is 24.3. The average molecular weight is 495 g/mol. The quantitative estimate of drug-likeness (QED) is 0.312. The van der Waals surface area contributed by atoms with E-state index in [1.54, 1.807) is 0 Å². The Morgan fingerprint density at radius 3 is 2.09 bits per heavy atom. The van der Waals surface area contributed by atoms with E-state index < -0.39 is 0 Å². The summed E-state index contributed by atoms with van der Waals surface area (Å²) in [7, 11) is 0. The lowest BCUT2D eigenvalue weighted by atomic mass is 9.93. The van der Waals surface area contributed by atoms with E-state index in [2.05, 4.69) is 4.90 Å². The third-order valence-corrected chi connectivity index (χ3v) is 6.30. The zero-order chi connectivity index (χ0) is 24.2. The average Bonchev–Trinajstić information content (AvgIpc) is 3.18. The molecule has 0 fully saturated rings. The van der Waals surface area contributed by atoms with Crippen LogP contribution >= 0.6 is 23.2 Å². The van der Waals surface area contributed by atoms with Crippen molar-refractivity contribution in [2.24, 2.45) is 10.9 Å². The summed E-state index contributed by atoms with van der Waals surface area (Å²) in [5.74, 6) is 1.40. The molecule has 4 nitrogen and oxygen atoms in total. The second kappa shape index (κ2) is 10.6. The molecule has 0 aromatic heterocycles. The van der Waals surface area contributed by atoms with E-state index in [1.807, 2.05) is 93.6 Å². The molecule has 0 radical (unpaired) electrons. The van der Waals surface area contributed by atoms with Gasteiger partial charge in [-0.05, 0) is 61.4 Å². The van der Waals surface area contributed by atoms with Gasteiger partial charge in [-0.1, -0.05) is 66.5 Å². The fourth-order valence-corrected chi connectivity index (χ4v) is 4.56. The molecule has 3 aromatic carbocycles. The van der Waals surface area contributed by atoms with Gasteiger partial charge in [0.2, 0.25) is 0 Å². The minimum absolute atomic E-state index is 0.0182. The van der Waals surface area contributed by atoms with Crippen LogP contribution in [0, 0.1) is 5.92 Å². The standard InChI is InChI=1S/C28H28Cl2N2O2/c1-18(2)34-25-7-5-4-6-24(25)28-31-26(20-8-12-22(29)13-9-20)27(32(28)16-19(3)17-33)21-10-14-23(30)15-11-21/h4-15,17-19,26-27H,16H2,1-3H3. The molecular weight excluding hydrogens is 467 g/mol. The molecular formula is C28H28Cl2N2O2. The van der Waals surface area contributed by atoms with Gasteiger partial charge in [-0.2, -0.15) is 0 Å². The minimum atomic E-state index is -0.195. The van der Waals surface area contributed by atoms with Crippen LogP contribution in [0.1, 0.15) is 49.5 Å². The van der Waals surface area contributed by atoms with Crippen molar-refractivity contribution in [3.8, 4) is 5.75 Å². The topological polar surface area (TPSA) is 41.9 Å². The number of carbonyl (C=O) groups excluding carboxylic acids is 1. The Kier molecular flexibility index (Phi) is 7.60. The lowest BCUT2D eigenvalue weighted by Crippen LogP contribution is -2.36. The number of amidine groups is 1. The van der Waals surface area contributed by atoms with Crippen molar-refractivity contribution in [2.75, 3.05) is 6.54 Å². The van der Waals surface area contributed by atoms with E-state index in [0.29, 0.717) is 16.6 Å². The number of nitrogens with zero attached hydrogens (tertiary/aromatic N) is 2. The van der Waals surface area contributed by atoms with Crippen LogP contribution in [0.5, 0.6) is 5.75 Å². The number of hydrogen-bond donors (Lipinski definition) is 0. The third-order valence-electron chi connectivity index (χ3n) is 5.80. The molecule has 0 saturated carbocycles. The molecule has 0 amide bonds. The predicted molar refractivity (Wildman–Crippen MR) is 139 cm³/mol. The van der Waals surface area contributed by atoms with E-state index in [-0.39, 0.29) is 24.1 Å². The molecule has 176 valence electrons. The van der Waals surface area contributed by atoms with Crippen LogP contribution in [0.2, 0.25) is 10.0 Å². The van der Waals surface area contributed by atoms with Gasteiger partial charge in [-0.25, -0.2) is 0 Å². The number of aliphatic imine (C=N–C) groups is 1. The van der Waals surface area contributed by atoms with Gasteiger partial charge >= 0.3 is 0 Å². The molecule has 0 N–H and O–H groups in total. The second-order valence-corrected chi connectivity index (χ2v) is 9.75. The summed E-state index contributed by atoms with van der Waals surface area (Å²) in [5.41, 5.74) is 3.03. The van der Waals surface area contributed by atoms with Crippen molar-refractivity contribution in [3.63, 3.8) is 0 Å². The summed E-state index contributed by atoms with van der Waals surface area (Å²) < 4.78 is 6.14. The van der Waals surface area contributed by atoms with Crippen LogP contribution in [0.4, 0.5) is 0 Å². The second-order valence-electron chi connectivity index (χ2n) is 8.87. The van der Waals surface area contributed by atoms with Crippen molar-refractivity contribution in [1.29, 1.82) is 0 Å². The monoisotopic (exact) mass is 494 g/mol. The van der Waals surface area contributed by atoms with Crippen LogP contribution in [0.25, 0.3) is 0 Å². The lowest BCUT2D eigenvalue weighted by Gasteiger charge is -2.32. The number of benzene rings is 3. The third kappa shape index (κ3) is 5.29. The maximum Gasteiger partial charge on any atom is 0.136 e. The highest BCUT2D eigenvalue weighted by molar-refractivity contribution is 6.30. The molecule has 1 aliphatic rings. The summed E-state index contributed by atoms with van der Waals surface area (Å²) in [4.78, 5) is 19.2. The fourth-order valence-electron chi connectivity index (χ4n) is 4.30. The zero-order valence-corrected chi connectivity index (χ0v) is 21.0. The van der Waals surface area contributed by atoms with Crippen molar-refractivity contribution in [1.82, 2.24) is 4.90 Å².